The molecule has 14 nitrogen and oxygen atoms in total. The normalized spacial score (nSPS) is 42.4. The van der Waals surface area contributed by atoms with Crippen LogP contribution in [0.5, 0.6) is 0 Å². The van der Waals surface area contributed by atoms with Gasteiger partial charge >= 0.3 is 35.8 Å². The molecular formula is C44H64O14. The summed E-state index contributed by atoms with van der Waals surface area (Å²) in [4.78, 5) is 74.9. The minimum Gasteiger partial charge on any atom is -0.463 e. The number of ether oxygens (including phenoxy) is 8. The summed E-state index contributed by atoms with van der Waals surface area (Å²) in [6.45, 7) is 18.6. The fourth-order valence-electron chi connectivity index (χ4n) is 13.4. The van der Waals surface area contributed by atoms with Gasteiger partial charge in [-0.2, -0.15) is 0 Å². The summed E-state index contributed by atoms with van der Waals surface area (Å²) in [5.74, 6) is -2.64. The molecule has 1 spiro atoms. The van der Waals surface area contributed by atoms with Gasteiger partial charge in [0.15, 0.2) is 24.6 Å². The summed E-state index contributed by atoms with van der Waals surface area (Å²) < 4.78 is 48.6. The lowest BCUT2D eigenvalue weighted by Gasteiger charge is -2.70. The van der Waals surface area contributed by atoms with E-state index in [2.05, 4.69) is 40.7 Å². The van der Waals surface area contributed by atoms with Gasteiger partial charge in [-0.25, -0.2) is 0 Å². The highest BCUT2D eigenvalue weighted by molar-refractivity contribution is 5.69. The Bertz CT molecular complexity index is 1690. The van der Waals surface area contributed by atoms with Crippen LogP contribution >= 0.6 is 0 Å². The quantitative estimate of drug-likeness (QED) is 0.116. The van der Waals surface area contributed by atoms with Crippen molar-refractivity contribution in [1.29, 1.82) is 0 Å². The number of carbonyl (C=O) groups excluding carboxylic acids is 6. The van der Waals surface area contributed by atoms with E-state index in [1.54, 1.807) is 0 Å². The van der Waals surface area contributed by atoms with Gasteiger partial charge in [0, 0.05) is 52.4 Å². The Balaban J connectivity index is 1.49. The Labute approximate surface area is 342 Å². The molecule has 4 saturated carbocycles. The minimum atomic E-state index is -1.38. The maximum absolute atomic E-state index is 12.8. The van der Waals surface area contributed by atoms with E-state index in [0.717, 1.165) is 38.5 Å². The molecule has 0 unspecified atom stereocenters. The number of carbonyl (C=O) groups is 6. The zero-order valence-corrected chi connectivity index (χ0v) is 36.1. The fourth-order valence-corrected chi connectivity index (χ4v) is 13.4. The van der Waals surface area contributed by atoms with E-state index in [1.807, 2.05) is 0 Å². The molecule has 1 heterocycles. The van der Waals surface area contributed by atoms with Crippen molar-refractivity contribution in [1.82, 2.24) is 0 Å². The predicted octanol–water partition coefficient (Wildman–Crippen LogP) is 5.94. The van der Waals surface area contributed by atoms with Crippen LogP contribution in [0, 0.1) is 45.3 Å². The average Bonchev–Trinajstić information content (AvgIpc) is 3.49. The van der Waals surface area contributed by atoms with Gasteiger partial charge in [-0.05, 0) is 85.9 Å². The first-order chi connectivity index (χ1) is 27.0. The smallest absolute Gasteiger partial charge is 0.303 e. The van der Waals surface area contributed by atoms with Crippen LogP contribution < -0.4 is 0 Å². The Kier molecular flexibility index (Phi) is 12.3. The molecular weight excluding hydrogens is 752 g/mol. The highest BCUT2D eigenvalue weighted by Gasteiger charge is 2.71. The van der Waals surface area contributed by atoms with Crippen molar-refractivity contribution in [2.24, 2.45) is 45.3 Å². The van der Waals surface area contributed by atoms with Crippen LogP contribution in [0.1, 0.15) is 128 Å². The van der Waals surface area contributed by atoms with Crippen LogP contribution in [0.4, 0.5) is 0 Å². The van der Waals surface area contributed by atoms with E-state index < -0.39 is 71.5 Å². The molecule has 6 aliphatic rings. The molecule has 0 aromatic rings. The number of fused-ring (bicyclic) bond motifs is 4. The van der Waals surface area contributed by atoms with Gasteiger partial charge in [-0.3, -0.25) is 28.8 Å². The van der Waals surface area contributed by atoms with Crippen molar-refractivity contribution >= 4 is 35.8 Å². The van der Waals surface area contributed by atoms with E-state index in [9.17, 15) is 28.8 Å². The summed E-state index contributed by atoms with van der Waals surface area (Å²) in [7, 11) is 0. The van der Waals surface area contributed by atoms with Crippen molar-refractivity contribution in [3.8, 4) is 0 Å². The second kappa shape index (κ2) is 16.2. The van der Waals surface area contributed by atoms with Crippen LogP contribution in [0.2, 0.25) is 0 Å². The van der Waals surface area contributed by atoms with Crippen LogP contribution in [0.3, 0.4) is 0 Å². The molecule has 0 bridgehead atoms. The van der Waals surface area contributed by atoms with Gasteiger partial charge in [0.1, 0.15) is 24.9 Å². The maximum Gasteiger partial charge on any atom is 0.303 e. The third kappa shape index (κ3) is 7.81. The predicted molar refractivity (Wildman–Crippen MR) is 205 cm³/mol. The van der Waals surface area contributed by atoms with Crippen LogP contribution in [0.15, 0.2) is 11.6 Å². The molecule has 0 aromatic heterocycles. The third-order valence-electron chi connectivity index (χ3n) is 15.2. The summed E-state index contributed by atoms with van der Waals surface area (Å²) in [6, 6.07) is 0. The number of hydrogen-bond donors (Lipinski definition) is 0. The molecule has 0 aromatic carbocycles. The molecule has 14 heteroatoms. The zero-order chi connectivity index (χ0) is 42.7. The Hall–Kier alpha value is -3.52. The molecule has 1 saturated heterocycles. The summed E-state index contributed by atoms with van der Waals surface area (Å²) in [5.41, 5.74) is -0.240. The monoisotopic (exact) mass is 816 g/mol. The lowest BCUT2D eigenvalue weighted by molar-refractivity contribution is -0.337. The van der Waals surface area contributed by atoms with Crippen molar-refractivity contribution in [2.75, 3.05) is 6.61 Å². The van der Waals surface area contributed by atoms with E-state index in [4.69, 9.17) is 37.9 Å². The molecule has 58 heavy (non-hydrogen) atoms. The third-order valence-corrected chi connectivity index (χ3v) is 15.2. The first-order valence-electron chi connectivity index (χ1n) is 21.1. The van der Waals surface area contributed by atoms with Crippen molar-refractivity contribution in [3.05, 3.63) is 11.6 Å². The standard InChI is InChI=1S/C44H64O14/c1-22-18-29(52-24(3)46)20-44-17-14-32-42(10)16-15-35(53-25(4)47)41(8,9)34(42)19-36(43(32,11)33(44)13-12-30(22)44)58-40-39(56-28(7)50)38(55-27(6)49)37(54-26(5)48)31(57-40)21-51-23(2)45/h13,22,29-32,34-40H,12,14-21H2,1-11H3/t22-,29+,30-,31+,32+,34-,35+,36+,37+,38-,39+,40-,42+,43+,44+/m0/s1. The first kappa shape index (κ1) is 44.0. The Morgan fingerprint density at radius 3 is 1.90 bits per heavy atom. The highest BCUT2D eigenvalue weighted by Crippen LogP contribution is 2.75. The molecule has 0 amide bonds. The largest absolute Gasteiger partial charge is 0.463 e. The van der Waals surface area contributed by atoms with Gasteiger partial charge in [0.2, 0.25) is 0 Å². The van der Waals surface area contributed by atoms with Crippen LogP contribution in [-0.2, 0) is 66.7 Å². The lowest BCUT2D eigenvalue weighted by atomic mass is 9.36. The zero-order valence-electron chi connectivity index (χ0n) is 36.1. The molecule has 6 rings (SSSR count). The second-order valence-electron chi connectivity index (χ2n) is 19.1. The Morgan fingerprint density at radius 1 is 0.690 bits per heavy atom. The van der Waals surface area contributed by atoms with E-state index in [-0.39, 0.29) is 53.4 Å². The van der Waals surface area contributed by atoms with Crippen LogP contribution in [-0.4, -0.2) is 91.4 Å². The van der Waals surface area contributed by atoms with Crippen molar-refractivity contribution in [2.45, 2.75) is 177 Å². The van der Waals surface area contributed by atoms with Gasteiger partial charge < -0.3 is 37.9 Å². The van der Waals surface area contributed by atoms with Gasteiger partial charge in [0.25, 0.3) is 0 Å². The lowest BCUT2D eigenvalue weighted by Crippen LogP contribution is -2.68. The van der Waals surface area contributed by atoms with Gasteiger partial charge in [0.05, 0.1) is 6.10 Å². The SMILES string of the molecule is CC(=O)OC[C@H]1O[C@@H](O[C@@H]2C[C@H]3C(C)(C)[C@H](OC(C)=O)CC[C@]3(C)[C@H]3CC[C@@]45C[C@H](OC(C)=O)C[C@H](C)[C@@H]4CC=C5[C@@]32C)[C@H](OC(C)=O)[C@@H](OC(C)=O)[C@@H]1OC(C)=O. The number of allylic oxidation sites excluding steroid dienone is 1. The van der Waals surface area contributed by atoms with E-state index in [1.165, 1.54) is 47.1 Å². The maximum atomic E-state index is 12.8. The van der Waals surface area contributed by atoms with E-state index in [0.29, 0.717) is 24.7 Å². The summed E-state index contributed by atoms with van der Waals surface area (Å²) >= 11 is 0. The van der Waals surface area contributed by atoms with Crippen LogP contribution in [0.25, 0.3) is 0 Å². The molecule has 15 atom stereocenters. The summed E-state index contributed by atoms with van der Waals surface area (Å²) in [6.07, 6.45) is 0.932. The number of rotatable bonds is 9. The molecule has 5 aliphatic carbocycles. The van der Waals surface area contributed by atoms with Crippen molar-refractivity contribution in [3.63, 3.8) is 0 Å². The molecule has 5 fully saturated rings. The number of hydrogen-bond acceptors (Lipinski definition) is 14. The van der Waals surface area contributed by atoms with Gasteiger partial charge in [-0.1, -0.05) is 46.3 Å². The van der Waals surface area contributed by atoms with E-state index >= 15 is 0 Å². The first-order valence-corrected chi connectivity index (χ1v) is 21.1. The molecule has 1 aliphatic heterocycles. The second-order valence-corrected chi connectivity index (χ2v) is 19.1. The number of esters is 6. The fraction of sp³-hybridized carbons (Fsp3) is 0.818. The molecule has 0 N–H and O–H groups in total. The van der Waals surface area contributed by atoms with Gasteiger partial charge in [-0.15, -0.1) is 0 Å². The minimum absolute atomic E-state index is 0.00207. The molecule has 324 valence electrons. The average molecular weight is 817 g/mol. The topological polar surface area (TPSA) is 176 Å². The Morgan fingerprint density at radius 2 is 1.29 bits per heavy atom. The summed E-state index contributed by atoms with van der Waals surface area (Å²) in [5, 5.41) is 0. The highest BCUT2D eigenvalue weighted by atomic mass is 16.7. The van der Waals surface area contributed by atoms with Crippen molar-refractivity contribution < 1.29 is 66.7 Å². The molecule has 0 radical (unpaired) electrons.